The molecular weight excluding hydrogens is 358 g/mol. The number of hydrogen-bond acceptors (Lipinski definition) is 5. The fourth-order valence-electron chi connectivity index (χ4n) is 1.31. The van der Waals surface area contributed by atoms with E-state index in [2.05, 4.69) is 20.7 Å². The maximum atomic E-state index is 12.0. The summed E-state index contributed by atoms with van der Waals surface area (Å²) in [5.41, 5.74) is 0. The molecule has 0 radical (unpaired) electrons. The first-order valence-corrected chi connectivity index (χ1v) is 8.96. The summed E-state index contributed by atoms with van der Waals surface area (Å²) in [6, 6.07) is 0.980. The summed E-state index contributed by atoms with van der Waals surface area (Å²) in [7, 11) is -3.78. The van der Waals surface area contributed by atoms with E-state index >= 15 is 0 Å². The zero-order valence-corrected chi connectivity index (χ0v) is 13.6. The molecule has 0 saturated heterocycles. The van der Waals surface area contributed by atoms with Crippen LogP contribution in [0.3, 0.4) is 0 Å². The highest BCUT2D eigenvalue weighted by molar-refractivity contribution is 9.10. The fourth-order valence-corrected chi connectivity index (χ4v) is 4.10. The van der Waals surface area contributed by atoms with Gasteiger partial charge < -0.3 is 9.52 Å². The number of thioether (sulfide) groups is 1. The summed E-state index contributed by atoms with van der Waals surface area (Å²) in [6.45, 7) is 2.20. The van der Waals surface area contributed by atoms with Gasteiger partial charge in [0.05, 0.1) is 0 Å². The molecule has 1 rings (SSSR count). The zero-order valence-electron chi connectivity index (χ0n) is 10.3. The molecule has 0 aliphatic heterocycles. The lowest BCUT2D eigenvalue weighted by Gasteiger charge is -2.10. The molecule has 0 aliphatic carbocycles. The number of carboxylic acid groups (broad SMARTS) is 1. The molecule has 0 amide bonds. The minimum absolute atomic E-state index is 0.116. The van der Waals surface area contributed by atoms with Gasteiger partial charge in [-0.25, -0.2) is 17.9 Å². The van der Waals surface area contributed by atoms with Crippen LogP contribution in [0.15, 0.2) is 20.0 Å². The number of hydrogen-bond donors (Lipinski definition) is 2. The molecule has 6 nitrogen and oxygen atoms in total. The molecule has 19 heavy (non-hydrogen) atoms. The molecule has 1 heterocycles. The minimum atomic E-state index is -3.78. The predicted molar refractivity (Wildman–Crippen MR) is 76.1 cm³/mol. The number of rotatable bonds is 7. The van der Waals surface area contributed by atoms with Gasteiger partial charge in [-0.05, 0) is 33.9 Å². The Kier molecular flexibility index (Phi) is 5.90. The van der Waals surface area contributed by atoms with Crippen molar-refractivity contribution in [2.45, 2.75) is 11.8 Å². The number of sulfonamides is 1. The van der Waals surface area contributed by atoms with Gasteiger partial charge in [0.2, 0.25) is 15.8 Å². The van der Waals surface area contributed by atoms with Crippen LogP contribution < -0.4 is 4.72 Å². The molecule has 1 aromatic rings. The van der Waals surface area contributed by atoms with E-state index < -0.39 is 21.8 Å². The van der Waals surface area contributed by atoms with Crippen LogP contribution in [0.5, 0.6) is 0 Å². The van der Waals surface area contributed by atoms with Gasteiger partial charge in [0.1, 0.15) is 4.90 Å². The van der Waals surface area contributed by atoms with Gasteiger partial charge in [0.25, 0.3) is 0 Å². The van der Waals surface area contributed by atoms with Crippen LogP contribution in [0.1, 0.15) is 17.5 Å². The van der Waals surface area contributed by atoms with E-state index in [1.165, 1.54) is 0 Å². The first-order valence-electron chi connectivity index (χ1n) is 5.29. The van der Waals surface area contributed by atoms with Crippen LogP contribution >= 0.6 is 27.7 Å². The molecule has 1 unspecified atom stereocenters. The van der Waals surface area contributed by atoms with Crippen LogP contribution in [0.2, 0.25) is 0 Å². The second kappa shape index (κ2) is 6.78. The molecule has 108 valence electrons. The summed E-state index contributed by atoms with van der Waals surface area (Å²) >= 11 is 4.53. The van der Waals surface area contributed by atoms with Crippen LogP contribution in [0, 0.1) is 5.92 Å². The van der Waals surface area contributed by atoms with Gasteiger partial charge in [-0.1, -0.05) is 6.92 Å². The van der Waals surface area contributed by atoms with Crippen molar-refractivity contribution < 1.29 is 22.7 Å². The van der Waals surface area contributed by atoms with Crippen molar-refractivity contribution in [3.63, 3.8) is 0 Å². The zero-order chi connectivity index (χ0) is 14.6. The first-order chi connectivity index (χ1) is 8.77. The van der Waals surface area contributed by atoms with E-state index in [9.17, 15) is 13.2 Å². The van der Waals surface area contributed by atoms with Crippen molar-refractivity contribution in [1.82, 2.24) is 4.72 Å². The van der Waals surface area contributed by atoms with Crippen molar-refractivity contribution in [3.05, 3.63) is 16.5 Å². The number of halogens is 1. The molecule has 1 atom stereocenters. The van der Waals surface area contributed by atoms with Crippen LogP contribution in [-0.4, -0.2) is 38.0 Å². The summed E-state index contributed by atoms with van der Waals surface area (Å²) < 4.78 is 31.1. The Bertz CT molecular complexity index is 554. The van der Waals surface area contributed by atoms with E-state index in [0.29, 0.717) is 0 Å². The normalized spacial score (nSPS) is 13.4. The lowest BCUT2D eigenvalue weighted by molar-refractivity contribution is 0.0661. The SMILES string of the molecule is CSCC(C)CNS(=O)(=O)c1cc(C(=O)O)oc1Br. The lowest BCUT2D eigenvalue weighted by atomic mass is 10.2. The number of aromatic carboxylic acids is 1. The molecule has 0 aliphatic rings. The molecule has 0 saturated carbocycles. The first kappa shape index (κ1) is 16.5. The maximum absolute atomic E-state index is 12.0. The lowest BCUT2D eigenvalue weighted by Crippen LogP contribution is -2.29. The molecule has 0 spiro atoms. The number of carboxylic acids is 1. The smallest absolute Gasteiger partial charge is 0.371 e. The number of carbonyl (C=O) groups is 1. The molecular formula is C10H14BrNO5S2. The van der Waals surface area contributed by atoms with E-state index in [0.717, 1.165) is 11.8 Å². The largest absolute Gasteiger partial charge is 0.475 e. The second-order valence-electron chi connectivity index (χ2n) is 3.97. The van der Waals surface area contributed by atoms with Crippen LogP contribution in [0.4, 0.5) is 0 Å². The maximum Gasteiger partial charge on any atom is 0.371 e. The fraction of sp³-hybridized carbons (Fsp3) is 0.500. The van der Waals surface area contributed by atoms with Crippen LogP contribution in [-0.2, 0) is 10.0 Å². The van der Waals surface area contributed by atoms with E-state index in [4.69, 9.17) is 9.52 Å². The van der Waals surface area contributed by atoms with E-state index in [1.807, 2.05) is 13.2 Å². The second-order valence-corrected chi connectivity index (χ2v) is 7.33. The number of furan rings is 1. The Labute approximate surface area is 124 Å². The molecule has 0 fully saturated rings. The monoisotopic (exact) mass is 371 g/mol. The average Bonchev–Trinajstić information content (AvgIpc) is 2.70. The third kappa shape index (κ3) is 4.51. The Morgan fingerprint density at radius 2 is 2.26 bits per heavy atom. The van der Waals surface area contributed by atoms with Crippen molar-refractivity contribution in [1.29, 1.82) is 0 Å². The van der Waals surface area contributed by atoms with Crippen molar-refractivity contribution in [2.24, 2.45) is 5.92 Å². The minimum Gasteiger partial charge on any atom is -0.475 e. The third-order valence-corrected chi connectivity index (χ3v) is 5.41. The highest BCUT2D eigenvalue weighted by Crippen LogP contribution is 2.26. The molecule has 0 bridgehead atoms. The highest BCUT2D eigenvalue weighted by atomic mass is 79.9. The Hall–Kier alpha value is -0.510. The van der Waals surface area contributed by atoms with Gasteiger partial charge in [-0.15, -0.1) is 0 Å². The van der Waals surface area contributed by atoms with Crippen molar-refractivity contribution >= 4 is 43.7 Å². The van der Waals surface area contributed by atoms with Gasteiger partial charge in [0, 0.05) is 12.6 Å². The molecule has 1 aromatic heterocycles. The quantitative estimate of drug-likeness (QED) is 0.760. The van der Waals surface area contributed by atoms with Gasteiger partial charge >= 0.3 is 5.97 Å². The van der Waals surface area contributed by atoms with Gasteiger partial charge in [-0.2, -0.15) is 11.8 Å². The Morgan fingerprint density at radius 1 is 1.63 bits per heavy atom. The van der Waals surface area contributed by atoms with E-state index in [1.54, 1.807) is 11.8 Å². The highest BCUT2D eigenvalue weighted by Gasteiger charge is 2.24. The Morgan fingerprint density at radius 3 is 2.74 bits per heavy atom. The summed E-state index contributed by atoms with van der Waals surface area (Å²) in [5.74, 6) is -0.744. The average molecular weight is 372 g/mol. The molecule has 2 N–H and O–H groups in total. The summed E-state index contributed by atoms with van der Waals surface area (Å²) in [4.78, 5) is 10.5. The standard InChI is InChI=1S/C10H14BrNO5S2/c1-6(5-18-2)4-12-19(15,16)8-3-7(10(13)14)17-9(8)11/h3,6,12H,4-5H2,1-2H3,(H,13,14). The van der Waals surface area contributed by atoms with Gasteiger partial charge in [0.15, 0.2) is 4.67 Å². The van der Waals surface area contributed by atoms with E-state index in [-0.39, 0.29) is 22.0 Å². The van der Waals surface area contributed by atoms with Crippen molar-refractivity contribution in [2.75, 3.05) is 18.6 Å². The molecule has 0 aromatic carbocycles. The van der Waals surface area contributed by atoms with Gasteiger partial charge in [-0.3, -0.25) is 0 Å². The molecule has 9 heteroatoms. The van der Waals surface area contributed by atoms with Crippen LogP contribution in [0.25, 0.3) is 0 Å². The number of nitrogens with one attached hydrogen (secondary N) is 1. The third-order valence-electron chi connectivity index (χ3n) is 2.23. The Balaban J connectivity index is 2.86. The summed E-state index contributed by atoms with van der Waals surface area (Å²) in [6.07, 6.45) is 1.94. The summed E-state index contributed by atoms with van der Waals surface area (Å²) in [5, 5.41) is 8.74. The van der Waals surface area contributed by atoms with Crippen molar-refractivity contribution in [3.8, 4) is 0 Å². The predicted octanol–water partition coefficient (Wildman–Crippen LogP) is 2.02. The topological polar surface area (TPSA) is 96.6 Å².